The predicted molar refractivity (Wildman–Crippen MR) is 136 cm³/mol. The number of amides is 1. The van der Waals surface area contributed by atoms with E-state index < -0.39 is 0 Å². The van der Waals surface area contributed by atoms with Gasteiger partial charge in [-0.15, -0.1) is 34.0 Å². The Balaban J connectivity index is 1.24. The van der Waals surface area contributed by atoms with Gasteiger partial charge in [-0.1, -0.05) is 54.6 Å². The van der Waals surface area contributed by atoms with Crippen LogP contribution in [0.2, 0.25) is 0 Å². The highest BCUT2D eigenvalue weighted by Gasteiger charge is 2.15. The molecule has 3 aromatic heterocycles. The molecule has 7 heteroatoms. The van der Waals surface area contributed by atoms with Crippen molar-refractivity contribution < 1.29 is 4.79 Å². The van der Waals surface area contributed by atoms with E-state index in [1.165, 1.54) is 28.1 Å². The number of hydrogen-bond acceptors (Lipinski definition) is 6. The number of nitrogens with one attached hydrogen (secondary N) is 1. The van der Waals surface area contributed by atoms with Crippen LogP contribution in [0, 0.1) is 0 Å². The molecule has 0 bridgehead atoms. The third-order valence-electron chi connectivity index (χ3n) is 5.12. The summed E-state index contributed by atoms with van der Waals surface area (Å²) in [5.41, 5.74) is 2.91. The lowest BCUT2D eigenvalue weighted by molar-refractivity contribution is 0.103. The van der Waals surface area contributed by atoms with Crippen molar-refractivity contribution in [3.63, 3.8) is 0 Å². The number of rotatable bonds is 4. The molecule has 0 aliphatic carbocycles. The van der Waals surface area contributed by atoms with Crippen LogP contribution < -0.4 is 5.32 Å². The number of hydrogen-bond donors (Lipinski definition) is 1. The Labute approximate surface area is 195 Å². The Kier molecular flexibility index (Phi) is 4.79. The van der Waals surface area contributed by atoms with Crippen LogP contribution in [0.5, 0.6) is 0 Å². The van der Waals surface area contributed by atoms with Crippen LogP contribution in [0.3, 0.4) is 0 Å². The van der Waals surface area contributed by atoms with Gasteiger partial charge in [-0.25, -0.2) is 9.97 Å². The van der Waals surface area contributed by atoms with Crippen molar-refractivity contribution in [1.82, 2.24) is 9.97 Å². The lowest BCUT2D eigenvalue weighted by Crippen LogP contribution is -2.09. The summed E-state index contributed by atoms with van der Waals surface area (Å²) >= 11 is 4.52. The van der Waals surface area contributed by atoms with Crippen molar-refractivity contribution in [1.29, 1.82) is 0 Å². The number of anilines is 1. The highest BCUT2D eigenvalue weighted by atomic mass is 32.1. The quantitative estimate of drug-likeness (QED) is 0.290. The Morgan fingerprint density at radius 1 is 0.812 bits per heavy atom. The number of aromatic nitrogens is 2. The standard InChI is InChI=1S/C25H15N3OS3/c29-23(21-12-13-22(31-21)24-26-18-10-3-4-11-20(18)32-24)28-25-27-19(14-30-25)17-9-5-7-15-6-1-2-8-16(15)17/h1-14H,(H,27,28,29). The van der Waals surface area contributed by atoms with Crippen LogP contribution in [0.25, 0.3) is 42.1 Å². The van der Waals surface area contributed by atoms with Crippen LogP contribution in [-0.4, -0.2) is 15.9 Å². The Morgan fingerprint density at radius 2 is 1.66 bits per heavy atom. The van der Waals surface area contributed by atoms with Gasteiger partial charge >= 0.3 is 0 Å². The molecular formula is C25H15N3OS3. The fraction of sp³-hybridized carbons (Fsp3) is 0. The van der Waals surface area contributed by atoms with Gasteiger partial charge in [-0.05, 0) is 35.0 Å². The van der Waals surface area contributed by atoms with Crippen LogP contribution in [0.15, 0.2) is 84.2 Å². The normalized spacial score (nSPS) is 11.2. The van der Waals surface area contributed by atoms with Crippen molar-refractivity contribution >= 4 is 66.0 Å². The Bertz CT molecular complexity index is 1560. The summed E-state index contributed by atoms with van der Waals surface area (Å²) in [6.07, 6.45) is 0. The van der Waals surface area contributed by atoms with Gasteiger partial charge in [0.15, 0.2) is 5.13 Å². The Morgan fingerprint density at radius 3 is 2.59 bits per heavy atom. The number of para-hydroxylation sites is 1. The number of carbonyl (C=O) groups is 1. The number of thiazole rings is 2. The summed E-state index contributed by atoms with van der Waals surface area (Å²) in [4.78, 5) is 23.8. The second-order valence-electron chi connectivity index (χ2n) is 7.17. The van der Waals surface area contributed by atoms with E-state index >= 15 is 0 Å². The molecule has 0 saturated carbocycles. The maximum atomic E-state index is 12.8. The van der Waals surface area contributed by atoms with Gasteiger partial charge in [0.1, 0.15) is 5.01 Å². The predicted octanol–water partition coefficient (Wildman–Crippen LogP) is 7.55. The second kappa shape index (κ2) is 7.94. The van der Waals surface area contributed by atoms with E-state index in [9.17, 15) is 4.79 Å². The lowest BCUT2D eigenvalue weighted by Gasteiger charge is -2.03. The molecule has 0 radical (unpaired) electrons. The average Bonchev–Trinajstić information content (AvgIpc) is 3.57. The molecule has 6 rings (SSSR count). The smallest absolute Gasteiger partial charge is 0.267 e. The van der Waals surface area contributed by atoms with E-state index in [1.54, 1.807) is 11.3 Å². The summed E-state index contributed by atoms with van der Waals surface area (Å²) in [7, 11) is 0. The zero-order valence-electron chi connectivity index (χ0n) is 16.6. The van der Waals surface area contributed by atoms with Crippen molar-refractivity contribution in [3.8, 4) is 21.1 Å². The molecule has 4 nitrogen and oxygen atoms in total. The molecule has 32 heavy (non-hydrogen) atoms. The summed E-state index contributed by atoms with van der Waals surface area (Å²) < 4.78 is 1.14. The summed E-state index contributed by atoms with van der Waals surface area (Å²) in [5.74, 6) is -0.152. The largest absolute Gasteiger partial charge is 0.297 e. The van der Waals surface area contributed by atoms with Gasteiger partial charge in [0, 0.05) is 10.9 Å². The van der Waals surface area contributed by atoms with Crippen molar-refractivity contribution in [2.45, 2.75) is 0 Å². The van der Waals surface area contributed by atoms with Crippen molar-refractivity contribution in [3.05, 3.63) is 89.1 Å². The number of thiophene rings is 1. The van der Waals surface area contributed by atoms with Crippen LogP contribution in [0.4, 0.5) is 5.13 Å². The van der Waals surface area contributed by atoms with Crippen LogP contribution in [-0.2, 0) is 0 Å². The lowest BCUT2D eigenvalue weighted by atomic mass is 10.0. The minimum absolute atomic E-state index is 0.152. The molecule has 0 fully saturated rings. The monoisotopic (exact) mass is 469 g/mol. The molecule has 0 aliphatic rings. The van der Waals surface area contributed by atoms with E-state index in [4.69, 9.17) is 0 Å². The molecule has 1 amide bonds. The number of benzene rings is 3. The molecule has 0 aliphatic heterocycles. The SMILES string of the molecule is O=C(Nc1nc(-c2cccc3ccccc23)cs1)c1ccc(-c2nc3ccccc3s2)s1. The van der Waals surface area contributed by atoms with E-state index in [-0.39, 0.29) is 5.91 Å². The number of fused-ring (bicyclic) bond motifs is 2. The van der Waals surface area contributed by atoms with Crippen molar-refractivity contribution in [2.24, 2.45) is 0 Å². The zero-order chi connectivity index (χ0) is 21.5. The van der Waals surface area contributed by atoms with Gasteiger partial charge < -0.3 is 0 Å². The molecule has 0 spiro atoms. The van der Waals surface area contributed by atoms with Gasteiger partial charge in [0.05, 0.1) is 25.7 Å². The van der Waals surface area contributed by atoms with Crippen molar-refractivity contribution in [2.75, 3.05) is 5.32 Å². The van der Waals surface area contributed by atoms with Gasteiger partial charge in [-0.3, -0.25) is 10.1 Å². The van der Waals surface area contributed by atoms with E-state index in [0.29, 0.717) is 10.0 Å². The van der Waals surface area contributed by atoms with Gasteiger partial charge in [0.2, 0.25) is 0 Å². The first-order chi connectivity index (χ1) is 15.7. The van der Waals surface area contributed by atoms with Gasteiger partial charge in [-0.2, -0.15) is 0 Å². The third kappa shape index (κ3) is 3.50. The molecule has 6 aromatic rings. The highest BCUT2D eigenvalue weighted by molar-refractivity contribution is 7.26. The molecule has 154 valence electrons. The maximum absolute atomic E-state index is 12.8. The summed E-state index contributed by atoms with van der Waals surface area (Å²) in [6, 6.07) is 26.3. The van der Waals surface area contributed by atoms with E-state index in [1.807, 2.05) is 53.9 Å². The minimum Gasteiger partial charge on any atom is -0.297 e. The highest BCUT2D eigenvalue weighted by Crippen LogP contribution is 2.35. The fourth-order valence-corrected chi connectivity index (χ4v) is 6.24. The average molecular weight is 470 g/mol. The van der Waals surface area contributed by atoms with Crippen LogP contribution in [0.1, 0.15) is 9.67 Å². The third-order valence-corrected chi connectivity index (χ3v) is 8.17. The molecule has 1 N–H and O–H groups in total. The van der Waals surface area contributed by atoms with Gasteiger partial charge in [0.25, 0.3) is 5.91 Å². The Hall–Kier alpha value is -3.39. The first-order valence-electron chi connectivity index (χ1n) is 9.95. The second-order valence-corrected chi connectivity index (χ2v) is 10.1. The molecule has 3 aromatic carbocycles. The first-order valence-corrected chi connectivity index (χ1v) is 12.5. The zero-order valence-corrected chi connectivity index (χ0v) is 19.1. The number of carbonyl (C=O) groups excluding carboxylic acids is 1. The summed E-state index contributed by atoms with van der Waals surface area (Å²) in [6.45, 7) is 0. The minimum atomic E-state index is -0.152. The fourth-order valence-electron chi connectivity index (χ4n) is 3.61. The number of nitrogens with zero attached hydrogens (tertiary/aromatic N) is 2. The molecular weight excluding hydrogens is 454 g/mol. The van der Waals surface area contributed by atoms with E-state index in [0.717, 1.165) is 36.7 Å². The summed E-state index contributed by atoms with van der Waals surface area (Å²) in [5, 5.41) is 8.78. The molecule has 0 unspecified atom stereocenters. The maximum Gasteiger partial charge on any atom is 0.267 e. The molecule has 0 saturated heterocycles. The van der Waals surface area contributed by atoms with E-state index in [2.05, 4.69) is 45.6 Å². The molecule has 3 heterocycles. The molecule has 0 atom stereocenters. The first kappa shape index (κ1) is 19.3. The van der Waals surface area contributed by atoms with Crippen LogP contribution >= 0.6 is 34.0 Å². The topological polar surface area (TPSA) is 54.9 Å².